The van der Waals surface area contributed by atoms with Crippen molar-refractivity contribution in [3.05, 3.63) is 65.5 Å². The average molecular weight is 361 g/mol. The number of likely N-dealkylation sites (tertiary alicyclic amines) is 1. The molecule has 1 saturated heterocycles. The molecule has 0 radical (unpaired) electrons. The Hall–Kier alpha value is -2.97. The summed E-state index contributed by atoms with van der Waals surface area (Å²) in [4.78, 5) is 2.44. The predicted molar refractivity (Wildman–Crippen MR) is 104 cm³/mol. The average Bonchev–Trinajstić information content (AvgIpc) is 3.31. The number of nitriles is 1. The Morgan fingerprint density at radius 2 is 2.07 bits per heavy atom. The molecule has 1 aromatic carbocycles. The van der Waals surface area contributed by atoms with Gasteiger partial charge in [-0.15, -0.1) is 0 Å². The summed E-state index contributed by atoms with van der Waals surface area (Å²) in [6, 6.07) is 14.7. The summed E-state index contributed by atoms with van der Waals surface area (Å²) >= 11 is 0. The number of pyridine rings is 1. The summed E-state index contributed by atoms with van der Waals surface area (Å²) in [6.45, 7) is 1.77. The van der Waals surface area contributed by atoms with E-state index >= 15 is 0 Å². The van der Waals surface area contributed by atoms with Crippen molar-refractivity contribution >= 4 is 5.52 Å². The van der Waals surface area contributed by atoms with Crippen LogP contribution < -0.4 is 9.47 Å². The van der Waals surface area contributed by atoms with E-state index in [0.29, 0.717) is 0 Å². The smallest absolute Gasteiger partial charge is 0.127 e. The topological polar surface area (TPSA) is 49.9 Å². The zero-order chi connectivity index (χ0) is 18.8. The quantitative estimate of drug-likeness (QED) is 0.684. The second-order valence-electron chi connectivity index (χ2n) is 6.87. The molecule has 1 fully saturated rings. The molecule has 1 aliphatic heterocycles. The molecule has 138 valence electrons. The molecule has 1 aliphatic rings. The monoisotopic (exact) mass is 361 g/mol. The van der Waals surface area contributed by atoms with Gasteiger partial charge in [0.1, 0.15) is 17.6 Å². The number of nitrogens with zero attached hydrogens (tertiary/aromatic N) is 3. The fourth-order valence-corrected chi connectivity index (χ4v) is 4.11. The van der Waals surface area contributed by atoms with Crippen molar-refractivity contribution in [2.75, 3.05) is 20.8 Å². The minimum absolute atomic E-state index is 0.278. The third kappa shape index (κ3) is 3.13. The van der Waals surface area contributed by atoms with E-state index in [1.807, 2.05) is 40.9 Å². The zero-order valence-electron chi connectivity index (χ0n) is 15.7. The SMILES string of the molecule is COc1ccc(C2CCCN2Cc2cn3ccccc3c2C#N)c(OC)c1. The Morgan fingerprint density at radius 3 is 2.85 bits per heavy atom. The fourth-order valence-electron chi connectivity index (χ4n) is 4.11. The first-order valence-electron chi connectivity index (χ1n) is 9.19. The van der Waals surface area contributed by atoms with Gasteiger partial charge in [-0.3, -0.25) is 4.90 Å². The Balaban J connectivity index is 1.66. The van der Waals surface area contributed by atoms with Gasteiger partial charge < -0.3 is 13.9 Å². The van der Waals surface area contributed by atoms with E-state index in [4.69, 9.17) is 9.47 Å². The summed E-state index contributed by atoms with van der Waals surface area (Å²) in [5.41, 5.74) is 3.98. The van der Waals surface area contributed by atoms with Crippen LogP contribution in [0.5, 0.6) is 11.5 Å². The van der Waals surface area contributed by atoms with Crippen LogP contribution in [0, 0.1) is 11.3 Å². The first-order chi connectivity index (χ1) is 13.2. The van der Waals surface area contributed by atoms with Gasteiger partial charge in [-0.05, 0) is 37.6 Å². The lowest BCUT2D eigenvalue weighted by Crippen LogP contribution is -2.23. The zero-order valence-corrected chi connectivity index (χ0v) is 15.7. The molecule has 1 unspecified atom stereocenters. The number of rotatable bonds is 5. The first kappa shape index (κ1) is 17.4. The lowest BCUT2D eigenvalue weighted by atomic mass is 10.0. The maximum atomic E-state index is 9.69. The fraction of sp³-hybridized carbons (Fsp3) is 0.318. The van der Waals surface area contributed by atoms with Crippen molar-refractivity contribution in [1.29, 1.82) is 5.26 Å². The van der Waals surface area contributed by atoms with Crippen LogP contribution in [-0.2, 0) is 6.54 Å². The number of methoxy groups -OCH3 is 2. The minimum atomic E-state index is 0.278. The highest BCUT2D eigenvalue weighted by molar-refractivity contribution is 5.65. The van der Waals surface area contributed by atoms with Gasteiger partial charge in [-0.2, -0.15) is 5.26 Å². The normalized spacial score (nSPS) is 17.1. The van der Waals surface area contributed by atoms with Crippen molar-refractivity contribution in [3.63, 3.8) is 0 Å². The molecule has 0 spiro atoms. The van der Waals surface area contributed by atoms with Crippen molar-refractivity contribution in [2.45, 2.75) is 25.4 Å². The summed E-state index contributed by atoms with van der Waals surface area (Å²) < 4.78 is 13.0. The molecular weight excluding hydrogens is 338 g/mol. The lowest BCUT2D eigenvalue weighted by Gasteiger charge is -2.26. The molecule has 3 aromatic rings. The van der Waals surface area contributed by atoms with E-state index < -0.39 is 0 Å². The number of fused-ring (bicyclic) bond motifs is 1. The molecule has 0 amide bonds. The largest absolute Gasteiger partial charge is 0.497 e. The highest BCUT2D eigenvalue weighted by atomic mass is 16.5. The third-order valence-electron chi connectivity index (χ3n) is 5.41. The summed E-state index contributed by atoms with van der Waals surface area (Å²) in [6.07, 6.45) is 6.29. The van der Waals surface area contributed by atoms with Crippen LogP contribution in [0.1, 0.15) is 35.6 Å². The van der Waals surface area contributed by atoms with Crippen molar-refractivity contribution in [1.82, 2.24) is 9.30 Å². The number of ether oxygens (including phenoxy) is 2. The number of hydrogen-bond donors (Lipinski definition) is 0. The second kappa shape index (κ2) is 7.34. The van der Waals surface area contributed by atoms with Gasteiger partial charge in [0.15, 0.2) is 0 Å². The van der Waals surface area contributed by atoms with Crippen LogP contribution in [0.2, 0.25) is 0 Å². The number of aromatic nitrogens is 1. The van der Waals surface area contributed by atoms with Crippen molar-refractivity contribution in [3.8, 4) is 17.6 Å². The second-order valence-corrected chi connectivity index (χ2v) is 6.87. The van der Waals surface area contributed by atoms with E-state index in [-0.39, 0.29) is 6.04 Å². The molecule has 0 saturated carbocycles. The maximum Gasteiger partial charge on any atom is 0.127 e. The molecule has 5 nitrogen and oxygen atoms in total. The highest BCUT2D eigenvalue weighted by Gasteiger charge is 2.29. The molecular formula is C22H23N3O2. The molecule has 3 heterocycles. The Labute approximate surface area is 159 Å². The van der Waals surface area contributed by atoms with Crippen LogP contribution in [0.3, 0.4) is 0 Å². The van der Waals surface area contributed by atoms with Crippen molar-refractivity contribution in [2.24, 2.45) is 0 Å². The highest BCUT2D eigenvalue weighted by Crippen LogP contribution is 2.39. The van der Waals surface area contributed by atoms with Crippen LogP contribution in [0.4, 0.5) is 0 Å². The van der Waals surface area contributed by atoms with Crippen LogP contribution in [0.15, 0.2) is 48.8 Å². The van der Waals surface area contributed by atoms with E-state index in [0.717, 1.165) is 54.1 Å². The molecule has 0 bridgehead atoms. The Morgan fingerprint density at radius 1 is 1.19 bits per heavy atom. The van der Waals surface area contributed by atoms with Crippen LogP contribution in [-0.4, -0.2) is 30.1 Å². The summed E-state index contributed by atoms with van der Waals surface area (Å²) in [5, 5.41) is 9.69. The Kier molecular flexibility index (Phi) is 4.74. The van der Waals surface area contributed by atoms with Crippen LogP contribution in [0.25, 0.3) is 5.52 Å². The molecule has 27 heavy (non-hydrogen) atoms. The van der Waals surface area contributed by atoms with E-state index in [9.17, 15) is 5.26 Å². The van der Waals surface area contributed by atoms with Gasteiger partial charge in [0, 0.05) is 42.2 Å². The van der Waals surface area contributed by atoms with Gasteiger partial charge in [0.2, 0.25) is 0 Å². The molecule has 2 aromatic heterocycles. The number of hydrogen-bond acceptors (Lipinski definition) is 4. The molecule has 5 heteroatoms. The maximum absolute atomic E-state index is 9.69. The molecule has 4 rings (SSSR count). The van der Waals surface area contributed by atoms with Gasteiger partial charge in [0.25, 0.3) is 0 Å². The van der Waals surface area contributed by atoms with E-state index in [1.54, 1.807) is 14.2 Å². The van der Waals surface area contributed by atoms with Gasteiger partial charge in [0.05, 0.1) is 25.3 Å². The van der Waals surface area contributed by atoms with E-state index in [2.05, 4.69) is 23.2 Å². The summed E-state index contributed by atoms with van der Waals surface area (Å²) in [5.74, 6) is 1.65. The van der Waals surface area contributed by atoms with Gasteiger partial charge >= 0.3 is 0 Å². The number of benzene rings is 1. The van der Waals surface area contributed by atoms with Crippen molar-refractivity contribution < 1.29 is 9.47 Å². The van der Waals surface area contributed by atoms with Gasteiger partial charge in [-0.25, -0.2) is 0 Å². The first-order valence-corrected chi connectivity index (χ1v) is 9.19. The standard InChI is InChI=1S/C22H23N3O2/c1-26-17-8-9-18(22(12-17)27-2)20-7-5-11-25(20)15-16-14-24-10-4-3-6-21(24)19(16)13-23/h3-4,6,8-10,12,14,20H,5,7,11,15H2,1-2H3. The lowest BCUT2D eigenvalue weighted by molar-refractivity contribution is 0.242. The molecule has 0 N–H and O–H groups in total. The molecule has 1 atom stereocenters. The minimum Gasteiger partial charge on any atom is -0.497 e. The van der Waals surface area contributed by atoms with E-state index in [1.165, 1.54) is 5.56 Å². The summed E-state index contributed by atoms with van der Waals surface area (Å²) in [7, 11) is 3.36. The Bertz CT molecular complexity index is 1000. The van der Waals surface area contributed by atoms with Crippen LogP contribution >= 0.6 is 0 Å². The third-order valence-corrected chi connectivity index (χ3v) is 5.41. The van der Waals surface area contributed by atoms with Gasteiger partial charge in [-0.1, -0.05) is 12.1 Å². The molecule has 0 aliphatic carbocycles. The predicted octanol–water partition coefficient (Wildman–Crippen LogP) is 4.17.